The monoisotopic (exact) mass is 381 g/mol. The van der Waals surface area contributed by atoms with Crippen molar-refractivity contribution in [2.45, 2.75) is 23.7 Å². The average molecular weight is 381 g/mol. The number of benzene rings is 2. The van der Waals surface area contributed by atoms with E-state index >= 15 is 0 Å². The van der Waals surface area contributed by atoms with E-state index in [-0.39, 0.29) is 22.2 Å². The Balaban J connectivity index is 2.00. The lowest BCUT2D eigenvalue weighted by Crippen LogP contribution is -2.30. The molecule has 0 aliphatic heterocycles. The normalized spacial score (nSPS) is 11.7. The van der Waals surface area contributed by atoms with E-state index in [2.05, 4.69) is 5.32 Å². The quantitative estimate of drug-likeness (QED) is 0.575. The second-order valence-corrected chi connectivity index (χ2v) is 6.17. The largest absolute Gasteiger partial charge is 0.497 e. The van der Waals surface area contributed by atoms with Gasteiger partial charge in [0.25, 0.3) is 11.7 Å². The first-order chi connectivity index (χ1) is 12.4. The first kappa shape index (κ1) is 19.7. The number of esters is 1. The molecule has 0 aliphatic carbocycles. The first-order valence-electron chi connectivity index (χ1n) is 7.60. The van der Waals surface area contributed by atoms with Crippen LogP contribution in [0.15, 0.2) is 53.4 Å². The highest BCUT2D eigenvalue weighted by Gasteiger charge is 2.22. The molecule has 0 aliphatic rings. The maximum atomic E-state index is 12.6. The summed E-state index contributed by atoms with van der Waals surface area (Å²) < 4.78 is 35.3. The molecule has 0 heterocycles. The fraction of sp³-hybridized carbons (Fsp3) is 0.222. The van der Waals surface area contributed by atoms with Crippen LogP contribution in [0.1, 0.15) is 17.3 Å². The molecule has 138 valence electrons. The lowest BCUT2D eigenvalue weighted by Gasteiger charge is -2.15. The third-order valence-electron chi connectivity index (χ3n) is 3.33. The molecule has 26 heavy (non-hydrogen) atoms. The Morgan fingerprint density at radius 3 is 2.35 bits per heavy atom. The van der Waals surface area contributed by atoms with Crippen molar-refractivity contribution in [2.24, 2.45) is 0 Å². The van der Waals surface area contributed by atoms with E-state index in [1.165, 1.54) is 32.2 Å². The fourth-order valence-electron chi connectivity index (χ4n) is 2.03. The summed E-state index contributed by atoms with van der Waals surface area (Å²) in [5, 5.41) is 2.60. The predicted octanol–water partition coefficient (Wildman–Crippen LogP) is 4.19. The molecule has 1 atom stereocenters. The van der Waals surface area contributed by atoms with Crippen molar-refractivity contribution >= 4 is 29.3 Å². The molecule has 0 bridgehead atoms. The molecule has 5 nitrogen and oxygen atoms in total. The molecule has 0 saturated heterocycles. The zero-order valence-corrected chi connectivity index (χ0v) is 14.9. The summed E-state index contributed by atoms with van der Waals surface area (Å²) in [7, 11) is 1.53. The Hall–Kier alpha value is -2.61. The highest BCUT2D eigenvalue weighted by molar-refractivity contribution is 7.99. The maximum Gasteiger partial charge on any atom is 0.340 e. The van der Waals surface area contributed by atoms with E-state index in [1.54, 1.807) is 30.3 Å². The number of amides is 1. The Kier molecular flexibility index (Phi) is 6.97. The van der Waals surface area contributed by atoms with Gasteiger partial charge in [0.1, 0.15) is 5.75 Å². The third-order valence-corrected chi connectivity index (χ3v) is 4.12. The lowest BCUT2D eigenvalue weighted by molar-refractivity contribution is -0.123. The first-order valence-corrected chi connectivity index (χ1v) is 8.48. The van der Waals surface area contributed by atoms with Gasteiger partial charge in [0, 0.05) is 10.6 Å². The van der Waals surface area contributed by atoms with Crippen molar-refractivity contribution in [3.05, 3.63) is 54.1 Å². The minimum atomic E-state index is -2.67. The Labute approximate surface area is 153 Å². The van der Waals surface area contributed by atoms with Crippen LogP contribution in [0.5, 0.6) is 5.75 Å². The van der Waals surface area contributed by atoms with Crippen molar-refractivity contribution < 1.29 is 27.8 Å². The van der Waals surface area contributed by atoms with Crippen LogP contribution >= 0.6 is 11.8 Å². The van der Waals surface area contributed by atoms with E-state index in [4.69, 9.17) is 9.47 Å². The van der Waals surface area contributed by atoms with Gasteiger partial charge in [0.15, 0.2) is 6.10 Å². The number of methoxy groups -OCH3 is 1. The van der Waals surface area contributed by atoms with Gasteiger partial charge in [0.2, 0.25) is 0 Å². The molecule has 2 aromatic carbocycles. The Morgan fingerprint density at radius 2 is 1.73 bits per heavy atom. The van der Waals surface area contributed by atoms with Crippen LogP contribution in [-0.4, -0.2) is 30.8 Å². The average Bonchev–Trinajstić information content (AvgIpc) is 2.62. The van der Waals surface area contributed by atoms with Crippen LogP contribution in [0.3, 0.4) is 0 Å². The minimum Gasteiger partial charge on any atom is -0.497 e. The third kappa shape index (κ3) is 5.45. The molecule has 0 radical (unpaired) electrons. The van der Waals surface area contributed by atoms with Gasteiger partial charge in [-0.25, -0.2) is 4.79 Å². The number of alkyl halides is 2. The molecule has 2 aromatic rings. The van der Waals surface area contributed by atoms with Gasteiger partial charge in [-0.3, -0.25) is 4.79 Å². The SMILES string of the molecule is COc1ccc(NC(=O)[C@H](C)OC(=O)c2ccccc2SC(F)F)cc1. The summed E-state index contributed by atoms with van der Waals surface area (Å²) in [5.74, 6) is -3.41. The van der Waals surface area contributed by atoms with Gasteiger partial charge < -0.3 is 14.8 Å². The minimum absolute atomic E-state index is 0.0121. The smallest absolute Gasteiger partial charge is 0.340 e. The van der Waals surface area contributed by atoms with E-state index in [0.717, 1.165) is 0 Å². The van der Waals surface area contributed by atoms with E-state index < -0.39 is 23.7 Å². The standard InChI is InChI=1S/C18H17F2NO4S/c1-11(16(22)21-12-7-9-13(24-2)10-8-12)25-17(23)14-5-3-4-6-15(14)26-18(19)20/h3-11,18H,1-2H3,(H,21,22)/t11-/m0/s1. The van der Waals surface area contributed by atoms with Gasteiger partial charge >= 0.3 is 5.97 Å². The van der Waals surface area contributed by atoms with Gasteiger partial charge in [-0.1, -0.05) is 23.9 Å². The van der Waals surface area contributed by atoms with Crippen LogP contribution in [-0.2, 0) is 9.53 Å². The number of thioether (sulfide) groups is 1. The number of hydrogen-bond donors (Lipinski definition) is 1. The number of halogens is 2. The van der Waals surface area contributed by atoms with Gasteiger partial charge in [0.05, 0.1) is 12.7 Å². The van der Waals surface area contributed by atoms with Gasteiger partial charge in [-0.15, -0.1) is 0 Å². The second kappa shape index (κ2) is 9.19. The molecule has 0 unspecified atom stereocenters. The van der Waals surface area contributed by atoms with Crippen molar-refractivity contribution in [2.75, 3.05) is 12.4 Å². The molecule has 0 fully saturated rings. The van der Waals surface area contributed by atoms with Crippen LogP contribution in [0, 0.1) is 0 Å². The summed E-state index contributed by atoms with van der Waals surface area (Å²) in [5.41, 5.74) is 0.495. The number of anilines is 1. The molecule has 2 rings (SSSR count). The van der Waals surface area contributed by atoms with E-state index in [1.807, 2.05) is 0 Å². The summed E-state index contributed by atoms with van der Waals surface area (Å²) in [4.78, 5) is 24.5. The number of carbonyl (C=O) groups is 2. The van der Waals surface area contributed by atoms with Crippen LogP contribution in [0.25, 0.3) is 0 Å². The summed E-state index contributed by atoms with van der Waals surface area (Å²) >= 11 is 0.248. The molecule has 1 N–H and O–H groups in total. The topological polar surface area (TPSA) is 64.6 Å². The highest BCUT2D eigenvalue weighted by atomic mass is 32.2. The second-order valence-electron chi connectivity index (χ2n) is 5.14. The number of rotatable bonds is 7. The number of nitrogens with one attached hydrogen (secondary N) is 1. The highest BCUT2D eigenvalue weighted by Crippen LogP contribution is 2.29. The predicted molar refractivity (Wildman–Crippen MR) is 94.8 cm³/mol. The van der Waals surface area contributed by atoms with Crippen LogP contribution in [0.2, 0.25) is 0 Å². The Morgan fingerprint density at radius 1 is 1.08 bits per heavy atom. The summed E-state index contributed by atoms with van der Waals surface area (Å²) in [6.07, 6.45) is -1.10. The molecular formula is C18H17F2NO4S. The van der Waals surface area contributed by atoms with Gasteiger partial charge in [-0.2, -0.15) is 8.78 Å². The summed E-state index contributed by atoms with van der Waals surface area (Å²) in [6.45, 7) is 1.40. The number of hydrogen-bond acceptors (Lipinski definition) is 5. The van der Waals surface area contributed by atoms with Crippen LogP contribution < -0.4 is 10.1 Å². The zero-order chi connectivity index (χ0) is 19.1. The fourth-order valence-corrected chi connectivity index (χ4v) is 2.66. The zero-order valence-electron chi connectivity index (χ0n) is 14.1. The molecule has 0 spiro atoms. The van der Waals surface area contributed by atoms with E-state index in [9.17, 15) is 18.4 Å². The van der Waals surface area contributed by atoms with Crippen molar-refractivity contribution in [3.8, 4) is 5.75 Å². The molecule has 0 saturated carbocycles. The molecule has 0 aromatic heterocycles. The molecule has 1 amide bonds. The summed E-state index contributed by atoms with van der Waals surface area (Å²) in [6, 6.07) is 12.5. The van der Waals surface area contributed by atoms with Crippen LogP contribution in [0.4, 0.5) is 14.5 Å². The van der Waals surface area contributed by atoms with Crippen molar-refractivity contribution in [1.29, 1.82) is 0 Å². The number of ether oxygens (including phenoxy) is 2. The van der Waals surface area contributed by atoms with Gasteiger partial charge in [-0.05, 0) is 43.3 Å². The maximum absolute atomic E-state index is 12.6. The van der Waals surface area contributed by atoms with Crippen molar-refractivity contribution in [3.63, 3.8) is 0 Å². The number of carbonyl (C=O) groups excluding carboxylic acids is 2. The Bertz CT molecular complexity index is 768. The molecular weight excluding hydrogens is 364 g/mol. The molecule has 8 heteroatoms. The van der Waals surface area contributed by atoms with E-state index in [0.29, 0.717) is 11.4 Å². The lowest BCUT2D eigenvalue weighted by atomic mass is 10.2. The van der Waals surface area contributed by atoms with Crippen molar-refractivity contribution in [1.82, 2.24) is 0 Å².